The van der Waals surface area contributed by atoms with Crippen molar-refractivity contribution in [3.63, 3.8) is 0 Å². The number of ether oxygens (including phenoxy) is 1. The van der Waals surface area contributed by atoms with Crippen molar-refractivity contribution in [3.05, 3.63) is 45.8 Å². The fourth-order valence-electron chi connectivity index (χ4n) is 2.54. The van der Waals surface area contributed by atoms with Crippen molar-refractivity contribution in [3.8, 4) is 5.75 Å². The first-order valence-corrected chi connectivity index (χ1v) is 9.81. The van der Waals surface area contributed by atoms with Crippen molar-refractivity contribution in [2.75, 3.05) is 7.11 Å². The number of alkyl halides is 3. The smallest absolute Gasteiger partial charge is 0.416 e. The Morgan fingerprint density at radius 2 is 1.93 bits per heavy atom. The third-order valence-electron chi connectivity index (χ3n) is 4.15. The van der Waals surface area contributed by atoms with E-state index in [0.717, 1.165) is 43.0 Å². The molecule has 0 radical (unpaired) electrons. The van der Waals surface area contributed by atoms with Gasteiger partial charge in [0, 0.05) is 17.3 Å². The van der Waals surface area contributed by atoms with Gasteiger partial charge in [0.2, 0.25) is 0 Å². The van der Waals surface area contributed by atoms with Crippen LogP contribution in [0, 0.1) is 0 Å². The fourth-order valence-corrected chi connectivity index (χ4v) is 3.58. The van der Waals surface area contributed by atoms with Crippen LogP contribution >= 0.6 is 11.5 Å². The maximum Gasteiger partial charge on any atom is 0.416 e. The van der Waals surface area contributed by atoms with E-state index in [0.29, 0.717) is 4.67 Å². The topological polar surface area (TPSA) is 43.6 Å². The van der Waals surface area contributed by atoms with E-state index >= 15 is 0 Å². The van der Waals surface area contributed by atoms with Crippen molar-refractivity contribution >= 4 is 17.4 Å². The van der Waals surface area contributed by atoms with Crippen molar-refractivity contribution in [2.24, 2.45) is 4.99 Å². The molecule has 1 aromatic heterocycles. The molecule has 1 heterocycles. The highest BCUT2D eigenvalue weighted by molar-refractivity contribution is 7.04. The molecule has 0 spiro atoms. The fraction of sp³-hybridized carbons (Fsp3) is 0.500. The zero-order valence-electron chi connectivity index (χ0n) is 16.7. The molecule has 0 atom stereocenters. The normalized spacial score (nSPS) is 13.1. The zero-order chi connectivity index (χ0) is 21.1. The lowest BCUT2D eigenvalue weighted by Crippen LogP contribution is -2.18. The number of hydrogen-bond acceptors (Lipinski definition) is 3. The highest BCUT2D eigenvalue weighted by Crippen LogP contribution is 2.32. The van der Waals surface area contributed by atoms with E-state index in [1.54, 1.807) is 0 Å². The van der Waals surface area contributed by atoms with Crippen LogP contribution in [0.25, 0.3) is 0 Å². The number of benzene rings is 1. The van der Waals surface area contributed by atoms with Gasteiger partial charge < -0.3 is 4.74 Å². The van der Waals surface area contributed by atoms with Gasteiger partial charge in [-0.2, -0.15) is 18.2 Å². The predicted molar refractivity (Wildman–Crippen MR) is 104 cm³/mol. The zero-order valence-corrected chi connectivity index (χ0v) is 17.5. The monoisotopic (exact) mass is 414 g/mol. The molecule has 0 unspecified atom stereocenters. The van der Waals surface area contributed by atoms with E-state index in [1.807, 2.05) is 30.9 Å². The Bertz CT molecular complexity index is 905. The van der Waals surface area contributed by atoms with E-state index in [-0.39, 0.29) is 16.9 Å². The third-order valence-corrected chi connectivity index (χ3v) is 5.53. The molecule has 4 nitrogen and oxygen atoms in total. The third kappa shape index (κ3) is 5.25. The van der Waals surface area contributed by atoms with Crippen molar-refractivity contribution in [1.82, 2.24) is 3.96 Å². The Morgan fingerprint density at radius 1 is 1.25 bits per heavy atom. The summed E-state index contributed by atoms with van der Waals surface area (Å²) in [5.41, 5.74) is -0.374. The molecule has 2 aromatic rings. The van der Waals surface area contributed by atoms with Crippen LogP contribution < -0.4 is 9.41 Å². The highest BCUT2D eigenvalue weighted by Gasteiger charge is 2.32. The summed E-state index contributed by atoms with van der Waals surface area (Å²) in [6.45, 7) is 8.18. The Kier molecular flexibility index (Phi) is 6.75. The number of hydrogen-bond donors (Lipinski definition) is 0. The summed E-state index contributed by atoms with van der Waals surface area (Å²) in [5, 5.41) is 0. The summed E-state index contributed by atoms with van der Waals surface area (Å²) in [6, 6.07) is 2.83. The van der Waals surface area contributed by atoms with Gasteiger partial charge in [-0.15, -0.1) is 0 Å². The molecule has 0 aliphatic carbocycles. The van der Waals surface area contributed by atoms with Crippen LogP contribution in [-0.2, 0) is 18.1 Å². The molecular formula is C20H25F3N2O2S. The van der Waals surface area contributed by atoms with Gasteiger partial charge in [-0.1, -0.05) is 13.3 Å². The molecular weight excluding hydrogens is 389 g/mol. The largest absolute Gasteiger partial charge is 0.496 e. The number of amides is 1. The molecule has 0 aliphatic rings. The van der Waals surface area contributed by atoms with Gasteiger partial charge in [0.15, 0.2) is 0 Å². The number of carbonyl (C=O) groups excluding carboxylic acids is 1. The predicted octanol–water partition coefficient (Wildman–Crippen LogP) is 5.42. The second-order valence-electron chi connectivity index (χ2n) is 7.48. The molecule has 1 amide bonds. The van der Waals surface area contributed by atoms with Crippen LogP contribution in [0.2, 0.25) is 0 Å². The standard InChI is InChI=1S/C20H25F3N2O2S/c1-6-7-8-13-12-25(19(2,3)4)28-18(13)24-17(26)15-11-14(20(21,22)23)9-10-16(15)27-5/h9-12H,6-8H2,1-5H3. The van der Waals surface area contributed by atoms with Crippen LogP contribution in [0.1, 0.15) is 62.0 Å². The van der Waals surface area contributed by atoms with Crippen LogP contribution in [0.5, 0.6) is 5.75 Å². The molecule has 0 N–H and O–H groups in total. The van der Waals surface area contributed by atoms with Crippen molar-refractivity contribution in [1.29, 1.82) is 0 Å². The second kappa shape index (κ2) is 8.51. The number of aryl methyl sites for hydroxylation is 1. The lowest BCUT2D eigenvalue weighted by molar-refractivity contribution is -0.137. The summed E-state index contributed by atoms with van der Waals surface area (Å²) in [4.78, 5) is 16.9. The molecule has 0 saturated carbocycles. The van der Waals surface area contributed by atoms with E-state index in [1.165, 1.54) is 18.6 Å². The summed E-state index contributed by atoms with van der Waals surface area (Å²) in [7, 11) is 1.31. The number of rotatable bonds is 5. The molecule has 2 rings (SSSR count). The molecule has 0 saturated heterocycles. The van der Waals surface area contributed by atoms with Crippen LogP contribution in [0.15, 0.2) is 29.4 Å². The van der Waals surface area contributed by atoms with Gasteiger partial charge in [0.1, 0.15) is 10.4 Å². The maximum absolute atomic E-state index is 13.0. The number of aromatic nitrogens is 1. The lowest BCUT2D eigenvalue weighted by Gasteiger charge is -2.19. The Hall–Kier alpha value is -2.09. The molecule has 0 bridgehead atoms. The van der Waals surface area contributed by atoms with E-state index in [2.05, 4.69) is 11.9 Å². The molecule has 28 heavy (non-hydrogen) atoms. The summed E-state index contributed by atoms with van der Waals surface area (Å²) >= 11 is 1.33. The van der Waals surface area contributed by atoms with Crippen molar-refractivity contribution in [2.45, 2.75) is 58.7 Å². The Labute approximate surface area is 166 Å². The first-order valence-electron chi connectivity index (χ1n) is 9.04. The van der Waals surface area contributed by atoms with Gasteiger partial charge in [-0.05, 0) is 63.3 Å². The van der Waals surface area contributed by atoms with Gasteiger partial charge in [0.05, 0.1) is 18.2 Å². The minimum absolute atomic E-state index is 0.0668. The number of halogens is 3. The van der Waals surface area contributed by atoms with E-state index in [9.17, 15) is 18.0 Å². The summed E-state index contributed by atoms with van der Waals surface area (Å²) in [6.07, 6.45) is 0.0914. The molecule has 0 fully saturated rings. The van der Waals surface area contributed by atoms with Gasteiger partial charge in [-0.25, -0.2) is 0 Å². The van der Waals surface area contributed by atoms with Crippen LogP contribution in [-0.4, -0.2) is 17.0 Å². The average Bonchev–Trinajstić information content (AvgIpc) is 3.01. The first-order chi connectivity index (χ1) is 13.0. The molecule has 1 aromatic carbocycles. The van der Waals surface area contributed by atoms with Crippen LogP contribution in [0.3, 0.4) is 0 Å². The summed E-state index contributed by atoms with van der Waals surface area (Å²) < 4.78 is 46.7. The van der Waals surface area contributed by atoms with Crippen molar-refractivity contribution < 1.29 is 22.7 Å². The number of unbranched alkanes of at least 4 members (excludes halogenated alkanes) is 1. The van der Waals surface area contributed by atoms with Gasteiger partial charge >= 0.3 is 6.18 Å². The quantitative estimate of drug-likeness (QED) is 0.656. The van der Waals surface area contributed by atoms with Crippen LogP contribution in [0.4, 0.5) is 13.2 Å². The highest BCUT2D eigenvalue weighted by atomic mass is 32.1. The SMILES string of the molecule is CCCCc1cn(C(C)(C)C)sc1=NC(=O)c1cc(C(F)(F)F)ccc1OC. The Balaban J connectivity index is 2.55. The van der Waals surface area contributed by atoms with E-state index in [4.69, 9.17) is 4.74 Å². The molecule has 0 aliphatic heterocycles. The van der Waals surface area contributed by atoms with E-state index < -0.39 is 17.6 Å². The molecule has 8 heteroatoms. The number of methoxy groups -OCH3 is 1. The Morgan fingerprint density at radius 3 is 2.46 bits per heavy atom. The minimum Gasteiger partial charge on any atom is -0.496 e. The lowest BCUT2D eigenvalue weighted by atomic mass is 10.1. The van der Waals surface area contributed by atoms with Gasteiger partial charge in [0.25, 0.3) is 5.91 Å². The molecule has 154 valence electrons. The average molecular weight is 414 g/mol. The first kappa shape index (κ1) is 22.2. The van der Waals surface area contributed by atoms with Gasteiger partial charge in [-0.3, -0.25) is 8.75 Å². The summed E-state index contributed by atoms with van der Waals surface area (Å²) in [5.74, 6) is -0.680. The maximum atomic E-state index is 13.0. The number of nitrogens with zero attached hydrogens (tertiary/aromatic N) is 2. The second-order valence-corrected chi connectivity index (χ2v) is 8.44. The minimum atomic E-state index is -4.55. The number of carbonyl (C=O) groups is 1.